The maximum atomic E-state index is 10.0. The molecule has 88 valence electrons. The number of aliphatic hydroxyl groups excluding tert-OH is 1. The molecule has 1 N–H and O–H groups in total. The van der Waals surface area contributed by atoms with Crippen LogP contribution >= 0.6 is 23.7 Å². The summed E-state index contributed by atoms with van der Waals surface area (Å²) in [6.07, 6.45) is 7.76. The molecule has 2 rings (SSSR count). The molecule has 0 atom stereocenters. The Morgan fingerprint density at radius 3 is 3.00 bits per heavy atom. The lowest BCUT2D eigenvalue weighted by Crippen LogP contribution is -2.23. The van der Waals surface area contributed by atoms with E-state index in [1.807, 2.05) is 17.9 Å². The highest BCUT2D eigenvalue weighted by molar-refractivity contribution is 8.01. The normalized spacial score (nSPS) is 23.0. The van der Waals surface area contributed by atoms with Gasteiger partial charge in [0.25, 0.3) is 0 Å². The summed E-state index contributed by atoms with van der Waals surface area (Å²) >= 11 is 3.07. The van der Waals surface area contributed by atoms with Crippen molar-refractivity contribution in [2.75, 3.05) is 19.1 Å². The molecule has 6 heteroatoms. The standard InChI is InChI=1S/C10H15N3OS2/c1-15-7-5-8(14)10-12-6-3-4-9(12)11-13(10)16-2/h5,7,14H,3-4,6H2,1-2H3/b7-5+,10-8+. The second-order valence-corrected chi connectivity index (χ2v) is 4.93. The number of hydrazone groups is 1. The molecular weight excluding hydrogens is 242 g/mol. The van der Waals surface area contributed by atoms with Crippen LogP contribution in [0.2, 0.25) is 0 Å². The Labute approximate surface area is 104 Å². The van der Waals surface area contributed by atoms with Gasteiger partial charge in [0.15, 0.2) is 11.6 Å². The predicted octanol–water partition coefficient (Wildman–Crippen LogP) is 2.59. The molecule has 4 nitrogen and oxygen atoms in total. The molecule has 0 aromatic rings. The van der Waals surface area contributed by atoms with Gasteiger partial charge in [0.1, 0.15) is 5.84 Å². The summed E-state index contributed by atoms with van der Waals surface area (Å²) < 4.78 is 1.79. The minimum Gasteiger partial charge on any atom is -0.504 e. The zero-order chi connectivity index (χ0) is 11.5. The van der Waals surface area contributed by atoms with Crippen LogP contribution in [-0.4, -0.2) is 39.3 Å². The zero-order valence-electron chi connectivity index (χ0n) is 9.38. The molecule has 0 aromatic carbocycles. The molecule has 0 spiro atoms. The van der Waals surface area contributed by atoms with Crippen LogP contribution in [0.4, 0.5) is 0 Å². The van der Waals surface area contributed by atoms with Crippen LogP contribution in [0.15, 0.2) is 28.2 Å². The van der Waals surface area contributed by atoms with Crippen molar-refractivity contribution in [3.05, 3.63) is 23.1 Å². The van der Waals surface area contributed by atoms with Gasteiger partial charge >= 0.3 is 0 Å². The minimum absolute atomic E-state index is 0.282. The number of hydrogen-bond acceptors (Lipinski definition) is 6. The van der Waals surface area contributed by atoms with E-state index < -0.39 is 0 Å². The Kier molecular flexibility index (Phi) is 3.70. The van der Waals surface area contributed by atoms with Crippen LogP contribution in [0, 0.1) is 0 Å². The Balaban J connectivity index is 2.28. The fraction of sp³-hybridized carbons (Fsp3) is 0.500. The molecule has 2 aliphatic heterocycles. The lowest BCUT2D eigenvalue weighted by molar-refractivity contribution is 0.364. The third kappa shape index (κ3) is 2.04. The maximum absolute atomic E-state index is 10.0. The van der Waals surface area contributed by atoms with Gasteiger partial charge in [-0.15, -0.1) is 16.9 Å². The van der Waals surface area contributed by atoms with Crippen LogP contribution in [0.1, 0.15) is 12.8 Å². The fourth-order valence-corrected chi connectivity index (χ4v) is 2.62. The first kappa shape index (κ1) is 11.7. The molecule has 1 saturated heterocycles. The van der Waals surface area contributed by atoms with E-state index in [1.165, 1.54) is 11.9 Å². The number of fused-ring (bicyclic) bond motifs is 1. The van der Waals surface area contributed by atoms with Gasteiger partial charge < -0.3 is 10.0 Å². The molecule has 0 aromatic heterocycles. The number of hydrogen-bond donors (Lipinski definition) is 1. The van der Waals surface area contributed by atoms with Gasteiger partial charge in [0.05, 0.1) is 0 Å². The number of thioether (sulfide) groups is 1. The third-order valence-electron chi connectivity index (χ3n) is 2.50. The van der Waals surface area contributed by atoms with E-state index in [9.17, 15) is 5.11 Å². The first-order chi connectivity index (χ1) is 7.77. The second kappa shape index (κ2) is 5.05. The molecule has 2 aliphatic rings. The lowest BCUT2D eigenvalue weighted by Gasteiger charge is -2.19. The van der Waals surface area contributed by atoms with E-state index in [1.54, 1.807) is 22.3 Å². The van der Waals surface area contributed by atoms with E-state index in [2.05, 4.69) is 10.0 Å². The topological polar surface area (TPSA) is 39.1 Å². The van der Waals surface area contributed by atoms with Gasteiger partial charge in [0, 0.05) is 19.2 Å². The van der Waals surface area contributed by atoms with E-state index in [0.717, 1.165) is 31.0 Å². The van der Waals surface area contributed by atoms with Crippen LogP contribution in [0.5, 0.6) is 0 Å². The molecule has 1 fully saturated rings. The summed E-state index contributed by atoms with van der Waals surface area (Å²) in [5.74, 6) is 2.14. The molecular formula is C10H15N3OS2. The van der Waals surface area contributed by atoms with Gasteiger partial charge in [-0.1, -0.05) is 0 Å². The largest absolute Gasteiger partial charge is 0.504 e. The average Bonchev–Trinajstić information content (AvgIpc) is 2.84. The average molecular weight is 257 g/mol. The van der Waals surface area contributed by atoms with E-state index in [-0.39, 0.29) is 5.76 Å². The molecule has 0 bridgehead atoms. The minimum atomic E-state index is 0.282. The Bertz CT molecular complexity index is 365. The van der Waals surface area contributed by atoms with Crippen LogP contribution in [0.3, 0.4) is 0 Å². The van der Waals surface area contributed by atoms with Crippen molar-refractivity contribution in [3.63, 3.8) is 0 Å². The molecule has 16 heavy (non-hydrogen) atoms. The van der Waals surface area contributed by atoms with Crippen LogP contribution < -0.4 is 0 Å². The molecule has 0 radical (unpaired) electrons. The highest BCUT2D eigenvalue weighted by Crippen LogP contribution is 2.33. The van der Waals surface area contributed by atoms with Crippen molar-refractivity contribution in [2.45, 2.75) is 12.8 Å². The fourth-order valence-electron chi connectivity index (χ4n) is 1.82. The number of allylic oxidation sites excluding steroid dienone is 1. The van der Waals surface area contributed by atoms with Gasteiger partial charge in [0.2, 0.25) is 0 Å². The highest BCUT2D eigenvalue weighted by atomic mass is 32.2. The number of nitrogens with zero attached hydrogens (tertiary/aromatic N) is 3. The van der Waals surface area contributed by atoms with Crippen LogP contribution in [0.25, 0.3) is 0 Å². The summed E-state index contributed by atoms with van der Waals surface area (Å²) in [4.78, 5) is 2.09. The lowest BCUT2D eigenvalue weighted by atomic mass is 10.4. The molecule has 0 unspecified atom stereocenters. The molecule has 0 amide bonds. The smallest absolute Gasteiger partial charge is 0.185 e. The number of aliphatic hydroxyl groups is 1. The van der Waals surface area contributed by atoms with Gasteiger partial charge in [-0.05, 0) is 36.1 Å². The van der Waals surface area contributed by atoms with Crippen molar-refractivity contribution in [1.82, 2.24) is 9.31 Å². The molecule has 2 heterocycles. The maximum Gasteiger partial charge on any atom is 0.185 e. The quantitative estimate of drug-likeness (QED) is 0.621. The van der Waals surface area contributed by atoms with E-state index in [0.29, 0.717) is 0 Å². The highest BCUT2D eigenvalue weighted by Gasteiger charge is 2.34. The third-order valence-corrected chi connectivity index (χ3v) is 3.51. The number of amidine groups is 1. The van der Waals surface area contributed by atoms with Gasteiger partial charge in [-0.3, -0.25) is 0 Å². The Morgan fingerprint density at radius 1 is 1.50 bits per heavy atom. The van der Waals surface area contributed by atoms with Crippen molar-refractivity contribution < 1.29 is 5.11 Å². The first-order valence-corrected chi connectivity index (χ1v) is 7.56. The first-order valence-electron chi connectivity index (χ1n) is 5.09. The molecule has 0 aliphatic carbocycles. The SMILES string of the molecule is CS/C=C/C(O)=C1\N(SC)N=C2CCCN21. The second-order valence-electron chi connectivity index (χ2n) is 3.47. The number of rotatable bonds is 3. The van der Waals surface area contributed by atoms with E-state index >= 15 is 0 Å². The summed E-state index contributed by atoms with van der Waals surface area (Å²) in [6.45, 7) is 0.947. The van der Waals surface area contributed by atoms with Crippen molar-refractivity contribution in [2.24, 2.45) is 5.10 Å². The van der Waals surface area contributed by atoms with Gasteiger partial charge in [-0.25, -0.2) is 0 Å². The van der Waals surface area contributed by atoms with E-state index in [4.69, 9.17) is 0 Å². The Hall–Kier alpha value is -0.750. The summed E-state index contributed by atoms with van der Waals surface area (Å²) in [7, 11) is 0. The predicted molar refractivity (Wildman–Crippen MR) is 71.0 cm³/mol. The monoisotopic (exact) mass is 257 g/mol. The van der Waals surface area contributed by atoms with Gasteiger partial charge in [-0.2, -0.15) is 4.41 Å². The van der Waals surface area contributed by atoms with Crippen molar-refractivity contribution in [3.8, 4) is 0 Å². The molecule has 0 saturated carbocycles. The Morgan fingerprint density at radius 2 is 2.31 bits per heavy atom. The summed E-state index contributed by atoms with van der Waals surface area (Å²) in [6, 6.07) is 0. The van der Waals surface area contributed by atoms with Crippen molar-refractivity contribution >= 4 is 29.5 Å². The summed E-state index contributed by atoms with van der Waals surface area (Å²) in [5, 5.41) is 16.4. The van der Waals surface area contributed by atoms with Crippen LogP contribution in [-0.2, 0) is 0 Å². The summed E-state index contributed by atoms with van der Waals surface area (Å²) in [5.41, 5.74) is 0. The zero-order valence-corrected chi connectivity index (χ0v) is 11.0. The van der Waals surface area contributed by atoms with Crippen molar-refractivity contribution in [1.29, 1.82) is 0 Å².